The molecule has 27 heavy (non-hydrogen) atoms. The topological polar surface area (TPSA) is 107 Å². The van der Waals surface area contributed by atoms with E-state index in [1.54, 1.807) is 6.07 Å². The SMILES string of the molecule is O=C(NCCn1nc(-c2ccccc2)ccc1=O)c1cccc([N+](=O)[O-])c1. The van der Waals surface area contributed by atoms with Crippen LogP contribution in [0, 0.1) is 10.1 Å². The predicted molar refractivity (Wildman–Crippen MR) is 99.4 cm³/mol. The zero-order valence-electron chi connectivity index (χ0n) is 14.2. The summed E-state index contributed by atoms with van der Waals surface area (Å²) in [7, 11) is 0. The number of nitro groups is 1. The van der Waals surface area contributed by atoms with Gasteiger partial charge in [0, 0.05) is 35.9 Å². The standard InChI is InChI=1S/C19H16N4O4/c24-18-10-9-17(14-5-2-1-3-6-14)21-22(18)12-11-20-19(25)15-7-4-8-16(13-15)23(26)27/h1-10,13H,11-12H2,(H,20,25). The summed E-state index contributed by atoms with van der Waals surface area (Å²) in [6, 6.07) is 18.0. The van der Waals surface area contributed by atoms with Crippen LogP contribution in [-0.2, 0) is 6.54 Å². The van der Waals surface area contributed by atoms with Crippen molar-refractivity contribution < 1.29 is 9.72 Å². The summed E-state index contributed by atoms with van der Waals surface area (Å²) < 4.78 is 1.27. The van der Waals surface area contributed by atoms with Crippen molar-refractivity contribution in [3.05, 3.63) is 92.8 Å². The van der Waals surface area contributed by atoms with Crippen molar-refractivity contribution in [3.8, 4) is 11.3 Å². The van der Waals surface area contributed by atoms with E-state index in [1.165, 1.54) is 35.0 Å². The highest BCUT2D eigenvalue weighted by Gasteiger charge is 2.11. The lowest BCUT2D eigenvalue weighted by Gasteiger charge is -2.08. The van der Waals surface area contributed by atoms with E-state index in [2.05, 4.69) is 10.4 Å². The highest BCUT2D eigenvalue weighted by Crippen LogP contribution is 2.14. The number of carbonyl (C=O) groups excluding carboxylic acids is 1. The van der Waals surface area contributed by atoms with Gasteiger partial charge >= 0.3 is 0 Å². The number of nitrogens with one attached hydrogen (secondary N) is 1. The summed E-state index contributed by atoms with van der Waals surface area (Å²) in [5.74, 6) is -0.453. The Morgan fingerprint density at radius 1 is 1.07 bits per heavy atom. The molecule has 1 N–H and O–H groups in total. The molecule has 8 heteroatoms. The molecule has 1 amide bonds. The van der Waals surface area contributed by atoms with Gasteiger partial charge in [0.25, 0.3) is 17.2 Å². The molecule has 0 aliphatic rings. The first kappa shape index (κ1) is 18.0. The van der Waals surface area contributed by atoms with Crippen LogP contribution in [0.4, 0.5) is 5.69 Å². The van der Waals surface area contributed by atoms with Gasteiger partial charge < -0.3 is 5.32 Å². The van der Waals surface area contributed by atoms with Gasteiger partial charge in [-0.05, 0) is 12.1 Å². The molecular weight excluding hydrogens is 348 g/mol. The highest BCUT2D eigenvalue weighted by molar-refractivity contribution is 5.94. The molecule has 1 aromatic heterocycles. The zero-order chi connectivity index (χ0) is 19.2. The lowest BCUT2D eigenvalue weighted by Crippen LogP contribution is -2.31. The molecule has 0 atom stereocenters. The molecule has 0 spiro atoms. The van der Waals surface area contributed by atoms with Crippen LogP contribution in [0.2, 0.25) is 0 Å². The Kier molecular flexibility index (Phi) is 5.36. The molecule has 3 aromatic rings. The predicted octanol–water partition coefficient (Wildman–Crippen LogP) is 2.25. The molecule has 0 saturated heterocycles. The van der Waals surface area contributed by atoms with Gasteiger partial charge in [-0.1, -0.05) is 36.4 Å². The number of hydrogen-bond donors (Lipinski definition) is 1. The van der Waals surface area contributed by atoms with Crippen molar-refractivity contribution in [1.29, 1.82) is 0 Å². The molecule has 1 heterocycles. The van der Waals surface area contributed by atoms with Crippen molar-refractivity contribution in [3.63, 3.8) is 0 Å². The van der Waals surface area contributed by atoms with Gasteiger partial charge in [0.2, 0.25) is 0 Å². The molecule has 2 aromatic carbocycles. The Labute approximate surface area is 154 Å². The summed E-state index contributed by atoms with van der Waals surface area (Å²) in [4.78, 5) is 34.4. The second kappa shape index (κ2) is 8.05. The van der Waals surface area contributed by atoms with Crippen LogP contribution in [0.15, 0.2) is 71.5 Å². The molecule has 8 nitrogen and oxygen atoms in total. The highest BCUT2D eigenvalue weighted by atomic mass is 16.6. The Hall–Kier alpha value is -3.81. The molecular formula is C19H16N4O4. The lowest BCUT2D eigenvalue weighted by atomic mass is 10.1. The van der Waals surface area contributed by atoms with Gasteiger partial charge in [-0.2, -0.15) is 5.10 Å². The monoisotopic (exact) mass is 364 g/mol. The molecule has 0 fully saturated rings. The third-order valence-corrected chi connectivity index (χ3v) is 3.86. The van der Waals surface area contributed by atoms with Crippen LogP contribution < -0.4 is 10.9 Å². The van der Waals surface area contributed by atoms with Crippen LogP contribution in [0.5, 0.6) is 0 Å². The maximum absolute atomic E-state index is 12.1. The summed E-state index contributed by atoms with van der Waals surface area (Å²) >= 11 is 0. The van der Waals surface area contributed by atoms with Crippen LogP contribution >= 0.6 is 0 Å². The lowest BCUT2D eigenvalue weighted by molar-refractivity contribution is -0.384. The number of aromatic nitrogens is 2. The van der Waals surface area contributed by atoms with Crippen LogP contribution in [0.3, 0.4) is 0 Å². The third-order valence-electron chi connectivity index (χ3n) is 3.86. The van der Waals surface area contributed by atoms with Crippen LogP contribution in [0.25, 0.3) is 11.3 Å². The average molecular weight is 364 g/mol. The minimum Gasteiger partial charge on any atom is -0.350 e. The van der Waals surface area contributed by atoms with E-state index < -0.39 is 10.8 Å². The zero-order valence-corrected chi connectivity index (χ0v) is 14.2. The molecule has 136 valence electrons. The van der Waals surface area contributed by atoms with Gasteiger partial charge in [0.1, 0.15) is 0 Å². The average Bonchev–Trinajstić information content (AvgIpc) is 2.70. The van der Waals surface area contributed by atoms with E-state index in [9.17, 15) is 19.7 Å². The van der Waals surface area contributed by atoms with E-state index >= 15 is 0 Å². The van der Waals surface area contributed by atoms with Crippen molar-refractivity contribution in [2.45, 2.75) is 6.54 Å². The number of rotatable bonds is 6. The Morgan fingerprint density at radius 3 is 2.59 bits per heavy atom. The maximum atomic E-state index is 12.1. The molecule has 3 rings (SSSR count). The fraction of sp³-hybridized carbons (Fsp3) is 0.105. The van der Waals surface area contributed by atoms with E-state index in [0.29, 0.717) is 5.69 Å². The fourth-order valence-corrected chi connectivity index (χ4v) is 2.51. The van der Waals surface area contributed by atoms with E-state index in [-0.39, 0.29) is 29.9 Å². The summed E-state index contributed by atoms with van der Waals surface area (Å²) in [5.41, 5.74) is 1.28. The Bertz CT molecular complexity index is 1030. The van der Waals surface area contributed by atoms with Gasteiger partial charge in [-0.25, -0.2) is 4.68 Å². The van der Waals surface area contributed by atoms with Crippen molar-refractivity contribution in [1.82, 2.24) is 15.1 Å². The van der Waals surface area contributed by atoms with E-state index in [0.717, 1.165) is 5.56 Å². The summed E-state index contributed by atoms with van der Waals surface area (Å²) in [6.07, 6.45) is 0. The maximum Gasteiger partial charge on any atom is 0.270 e. The second-order valence-corrected chi connectivity index (χ2v) is 5.71. The quantitative estimate of drug-likeness (QED) is 0.533. The van der Waals surface area contributed by atoms with E-state index in [1.807, 2.05) is 30.3 Å². The van der Waals surface area contributed by atoms with Crippen molar-refractivity contribution in [2.24, 2.45) is 0 Å². The fourth-order valence-electron chi connectivity index (χ4n) is 2.51. The molecule has 0 bridgehead atoms. The van der Waals surface area contributed by atoms with Gasteiger partial charge in [-0.15, -0.1) is 0 Å². The molecule has 0 aliphatic carbocycles. The number of benzene rings is 2. The first-order valence-corrected chi connectivity index (χ1v) is 8.21. The Morgan fingerprint density at radius 2 is 1.85 bits per heavy atom. The second-order valence-electron chi connectivity index (χ2n) is 5.71. The van der Waals surface area contributed by atoms with E-state index in [4.69, 9.17) is 0 Å². The number of hydrogen-bond acceptors (Lipinski definition) is 5. The number of carbonyl (C=O) groups is 1. The van der Waals surface area contributed by atoms with Gasteiger partial charge in [-0.3, -0.25) is 19.7 Å². The smallest absolute Gasteiger partial charge is 0.270 e. The summed E-state index contributed by atoms with van der Waals surface area (Å²) in [5, 5.41) is 17.7. The molecule has 0 unspecified atom stereocenters. The van der Waals surface area contributed by atoms with Gasteiger partial charge in [0.05, 0.1) is 17.2 Å². The largest absolute Gasteiger partial charge is 0.350 e. The number of nitro benzene ring substituents is 1. The van der Waals surface area contributed by atoms with Crippen LogP contribution in [0.1, 0.15) is 10.4 Å². The van der Waals surface area contributed by atoms with Gasteiger partial charge in [0.15, 0.2) is 0 Å². The minimum atomic E-state index is -0.560. The first-order valence-electron chi connectivity index (χ1n) is 8.21. The number of amides is 1. The molecule has 0 radical (unpaired) electrons. The number of nitrogens with zero attached hydrogens (tertiary/aromatic N) is 3. The first-order chi connectivity index (χ1) is 13.0. The minimum absolute atomic E-state index is 0.156. The van der Waals surface area contributed by atoms with Crippen molar-refractivity contribution in [2.75, 3.05) is 6.54 Å². The summed E-state index contributed by atoms with van der Waals surface area (Å²) in [6.45, 7) is 0.340. The Balaban J connectivity index is 1.67. The van der Waals surface area contributed by atoms with Crippen LogP contribution in [-0.4, -0.2) is 27.2 Å². The molecule has 0 saturated carbocycles. The van der Waals surface area contributed by atoms with Crippen molar-refractivity contribution >= 4 is 11.6 Å². The normalized spacial score (nSPS) is 10.4. The molecule has 0 aliphatic heterocycles. The number of non-ortho nitro benzene ring substituents is 1. The third kappa shape index (κ3) is 4.43.